The van der Waals surface area contributed by atoms with Gasteiger partial charge in [-0.15, -0.1) is 0 Å². The minimum atomic E-state index is -0.0974. The van der Waals surface area contributed by atoms with Gasteiger partial charge in [-0.3, -0.25) is 4.79 Å². The Hall–Kier alpha value is 0.200. The maximum Gasteiger partial charge on any atom is 0.305 e. The van der Waals surface area contributed by atoms with Crippen LogP contribution < -0.4 is 0 Å². The van der Waals surface area contributed by atoms with Crippen LogP contribution in [0, 0.1) is 0 Å². The molecule has 0 amide bonds. The average molecular weight is 242 g/mol. The first-order chi connectivity index (χ1) is 4.31. The van der Waals surface area contributed by atoms with Gasteiger partial charge in [0, 0.05) is 10.8 Å². The Morgan fingerprint density at radius 2 is 2.33 bits per heavy atom. The Labute approximate surface area is 69.1 Å². The van der Waals surface area contributed by atoms with E-state index in [0.717, 1.165) is 10.8 Å². The van der Waals surface area contributed by atoms with Gasteiger partial charge in [0.1, 0.15) is 0 Å². The monoisotopic (exact) mass is 242 g/mol. The molecule has 0 radical (unpaired) electrons. The van der Waals surface area contributed by atoms with E-state index in [4.69, 9.17) is 4.74 Å². The minimum absolute atomic E-state index is 0.0974. The quantitative estimate of drug-likeness (QED) is 0.325. The molecule has 0 aromatic carbocycles. The van der Waals surface area contributed by atoms with E-state index in [2.05, 4.69) is 22.6 Å². The Balaban J connectivity index is 2.97. The molecule has 9 heavy (non-hydrogen) atoms. The highest BCUT2D eigenvalue weighted by Crippen LogP contribution is 1.91. The molecule has 0 fully saturated rings. The largest absolute Gasteiger partial charge is 0.466 e. The summed E-state index contributed by atoms with van der Waals surface area (Å²) in [6, 6.07) is 0. The molecule has 0 spiro atoms. The van der Waals surface area contributed by atoms with Crippen LogP contribution in [0.2, 0.25) is 0 Å². The summed E-state index contributed by atoms with van der Waals surface area (Å²) in [5.74, 6) is -0.0974. The van der Waals surface area contributed by atoms with Crippen LogP contribution in [0.4, 0.5) is 0 Å². The summed E-state index contributed by atoms with van der Waals surface area (Å²) >= 11 is 2.25. The van der Waals surface area contributed by atoms with Crippen LogP contribution in [0.3, 0.4) is 0 Å². The van der Waals surface area contributed by atoms with Gasteiger partial charge in [0.15, 0.2) is 0 Å². The molecule has 0 aliphatic rings. The molecule has 0 unspecified atom stereocenters. The van der Waals surface area contributed by atoms with Gasteiger partial charge < -0.3 is 4.74 Å². The fourth-order valence-corrected chi connectivity index (χ4v) is 0.654. The van der Waals surface area contributed by atoms with Crippen LogP contribution in [0.15, 0.2) is 0 Å². The second-order valence-electron chi connectivity index (χ2n) is 1.62. The second-order valence-corrected chi connectivity index (χ2v) is 2.70. The summed E-state index contributed by atoms with van der Waals surface area (Å²) in [7, 11) is 0. The van der Waals surface area contributed by atoms with Crippen LogP contribution in [0.25, 0.3) is 0 Å². The highest BCUT2D eigenvalue weighted by Gasteiger charge is 1.94. The maximum atomic E-state index is 10.5. The van der Waals surface area contributed by atoms with Crippen molar-refractivity contribution in [2.24, 2.45) is 0 Å². The van der Waals surface area contributed by atoms with Crippen molar-refractivity contribution >= 4 is 28.6 Å². The Morgan fingerprint density at radius 1 is 1.67 bits per heavy atom. The molecule has 0 bridgehead atoms. The third-order valence-electron chi connectivity index (χ3n) is 0.830. The predicted molar refractivity (Wildman–Crippen MR) is 44.8 cm³/mol. The van der Waals surface area contributed by atoms with Crippen molar-refractivity contribution in [3.8, 4) is 0 Å². The normalized spacial score (nSPS) is 9.11. The first-order valence-corrected chi connectivity index (χ1v) is 4.55. The minimum Gasteiger partial charge on any atom is -0.466 e. The number of carbonyl (C=O) groups is 1. The molecule has 0 aromatic heterocycles. The topological polar surface area (TPSA) is 26.3 Å². The Kier molecular flexibility index (Phi) is 6.46. The van der Waals surface area contributed by atoms with Gasteiger partial charge in [0.2, 0.25) is 0 Å². The molecule has 2 nitrogen and oxygen atoms in total. The van der Waals surface area contributed by atoms with Crippen LogP contribution in [0.5, 0.6) is 0 Å². The predicted octanol–water partition coefficient (Wildman–Crippen LogP) is 1.76. The van der Waals surface area contributed by atoms with Crippen LogP contribution in [0.1, 0.15) is 19.8 Å². The van der Waals surface area contributed by atoms with E-state index >= 15 is 0 Å². The summed E-state index contributed by atoms with van der Waals surface area (Å²) in [6.45, 7) is 2.38. The first-order valence-electron chi connectivity index (χ1n) is 3.02. The van der Waals surface area contributed by atoms with Gasteiger partial charge in [-0.25, -0.2) is 0 Å². The van der Waals surface area contributed by atoms with E-state index in [9.17, 15) is 4.79 Å². The van der Waals surface area contributed by atoms with E-state index in [1.165, 1.54) is 0 Å². The van der Waals surface area contributed by atoms with E-state index in [1.807, 2.05) is 0 Å². The van der Waals surface area contributed by atoms with Gasteiger partial charge in [-0.1, -0.05) is 29.5 Å². The first kappa shape index (κ1) is 9.20. The number of hydrogen-bond donors (Lipinski definition) is 0. The molecule has 0 heterocycles. The van der Waals surface area contributed by atoms with E-state index < -0.39 is 0 Å². The van der Waals surface area contributed by atoms with Crippen molar-refractivity contribution in [1.82, 2.24) is 0 Å². The molecule has 0 saturated heterocycles. The SMILES string of the molecule is CCC(=O)OCCCI. The Bertz CT molecular complexity index is 83.1. The van der Waals surface area contributed by atoms with Gasteiger partial charge in [-0.2, -0.15) is 0 Å². The van der Waals surface area contributed by atoms with Crippen LogP contribution in [-0.2, 0) is 9.53 Å². The third kappa shape index (κ3) is 6.08. The van der Waals surface area contributed by atoms with Crippen LogP contribution >= 0.6 is 22.6 Å². The van der Waals surface area contributed by atoms with E-state index in [0.29, 0.717) is 13.0 Å². The summed E-state index contributed by atoms with van der Waals surface area (Å²) in [4.78, 5) is 10.5. The highest BCUT2D eigenvalue weighted by molar-refractivity contribution is 14.1. The number of esters is 1. The lowest BCUT2D eigenvalue weighted by Gasteiger charge is -1.98. The van der Waals surface area contributed by atoms with Crippen molar-refractivity contribution in [2.45, 2.75) is 19.8 Å². The molecule has 3 heteroatoms. The second kappa shape index (κ2) is 6.32. The number of rotatable bonds is 4. The molecule has 0 aromatic rings. The fourth-order valence-electron chi connectivity index (χ4n) is 0.343. The van der Waals surface area contributed by atoms with E-state index in [-0.39, 0.29) is 5.97 Å². The molecule has 54 valence electrons. The van der Waals surface area contributed by atoms with Crippen molar-refractivity contribution in [3.63, 3.8) is 0 Å². The maximum absolute atomic E-state index is 10.5. The van der Waals surface area contributed by atoms with E-state index in [1.54, 1.807) is 6.92 Å². The molecule has 0 rings (SSSR count). The zero-order valence-corrected chi connectivity index (χ0v) is 7.68. The smallest absolute Gasteiger partial charge is 0.305 e. The van der Waals surface area contributed by atoms with Gasteiger partial charge in [0.05, 0.1) is 6.61 Å². The van der Waals surface area contributed by atoms with Crippen molar-refractivity contribution in [1.29, 1.82) is 0 Å². The summed E-state index contributed by atoms with van der Waals surface area (Å²) in [5.41, 5.74) is 0. The Morgan fingerprint density at radius 3 is 2.78 bits per heavy atom. The molecular formula is C6H11IO2. The average Bonchev–Trinajstić information content (AvgIpc) is 1.89. The van der Waals surface area contributed by atoms with Crippen molar-refractivity contribution < 1.29 is 9.53 Å². The van der Waals surface area contributed by atoms with Crippen molar-refractivity contribution in [2.75, 3.05) is 11.0 Å². The lowest BCUT2D eigenvalue weighted by Crippen LogP contribution is -2.03. The molecule has 0 atom stereocenters. The van der Waals surface area contributed by atoms with Gasteiger partial charge in [0.25, 0.3) is 0 Å². The lowest BCUT2D eigenvalue weighted by atomic mass is 10.5. The molecular weight excluding hydrogens is 231 g/mol. The van der Waals surface area contributed by atoms with Gasteiger partial charge in [-0.05, 0) is 6.42 Å². The number of alkyl halides is 1. The number of hydrogen-bond acceptors (Lipinski definition) is 2. The standard InChI is InChI=1S/C6H11IO2/c1-2-6(8)9-5-3-4-7/h2-5H2,1H3. The lowest BCUT2D eigenvalue weighted by molar-refractivity contribution is -0.143. The molecule has 0 aliphatic carbocycles. The number of carbonyl (C=O) groups excluding carboxylic acids is 1. The summed E-state index contributed by atoms with van der Waals surface area (Å²) in [6.07, 6.45) is 1.45. The molecule has 0 N–H and O–H groups in total. The number of ether oxygens (including phenoxy) is 1. The summed E-state index contributed by atoms with van der Waals surface area (Å²) < 4.78 is 5.84. The van der Waals surface area contributed by atoms with Crippen molar-refractivity contribution in [3.05, 3.63) is 0 Å². The van der Waals surface area contributed by atoms with Gasteiger partial charge >= 0.3 is 5.97 Å². The summed E-state index contributed by atoms with van der Waals surface area (Å²) in [5, 5.41) is 0. The van der Waals surface area contributed by atoms with Crippen LogP contribution in [-0.4, -0.2) is 17.0 Å². The third-order valence-corrected chi connectivity index (χ3v) is 1.59. The number of halogens is 1. The fraction of sp³-hybridized carbons (Fsp3) is 0.833. The zero-order chi connectivity index (χ0) is 7.11. The molecule has 0 saturated carbocycles. The zero-order valence-electron chi connectivity index (χ0n) is 5.52. The molecule has 0 aliphatic heterocycles. The highest BCUT2D eigenvalue weighted by atomic mass is 127.